The summed E-state index contributed by atoms with van der Waals surface area (Å²) in [6, 6.07) is 11.6. The summed E-state index contributed by atoms with van der Waals surface area (Å²) in [6.45, 7) is 4.78. The second-order valence-corrected chi connectivity index (χ2v) is 10.4. The molecule has 32 heavy (non-hydrogen) atoms. The number of nitrogens with zero attached hydrogens (tertiary/aromatic N) is 3. The molecule has 0 radical (unpaired) electrons. The Morgan fingerprint density at radius 1 is 0.875 bits per heavy atom. The van der Waals surface area contributed by atoms with Crippen LogP contribution in [-0.4, -0.2) is 62.8 Å². The van der Waals surface area contributed by atoms with Crippen molar-refractivity contribution in [3.63, 3.8) is 0 Å². The number of rotatable bonds is 4. The number of carbonyl (C=O) groups excluding carboxylic acids is 1. The number of hydrogen-bond donors (Lipinski definition) is 0. The normalized spacial score (nSPS) is 18.4. The molecule has 8 heteroatoms. The van der Waals surface area contributed by atoms with Crippen LogP contribution in [0.2, 0.25) is 0 Å². The van der Waals surface area contributed by atoms with E-state index in [2.05, 4.69) is 0 Å². The second-order valence-electron chi connectivity index (χ2n) is 8.53. The number of anilines is 1. The maximum Gasteiger partial charge on any atom is 0.254 e. The Balaban J connectivity index is 1.50. The van der Waals surface area contributed by atoms with Gasteiger partial charge in [-0.2, -0.15) is 4.31 Å². The zero-order valence-corrected chi connectivity index (χ0v) is 19.3. The van der Waals surface area contributed by atoms with Crippen LogP contribution in [-0.2, 0) is 10.0 Å². The molecule has 0 bridgehead atoms. The molecule has 0 N–H and O–H groups in total. The molecule has 2 saturated heterocycles. The van der Waals surface area contributed by atoms with Crippen molar-refractivity contribution in [3.05, 3.63) is 59.4 Å². The van der Waals surface area contributed by atoms with Crippen LogP contribution < -0.4 is 4.90 Å². The van der Waals surface area contributed by atoms with E-state index in [-0.39, 0.29) is 16.6 Å². The number of piperazine rings is 1. The molecule has 2 aliphatic rings. The SMILES string of the molecule is Cc1ccc(C(=O)N2CCN(c3ccccc3F)CC2)cc1S(=O)(=O)N1CCCCCC1. The van der Waals surface area contributed by atoms with Crippen LogP contribution in [0.15, 0.2) is 47.4 Å². The summed E-state index contributed by atoms with van der Waals surface area (Å²) in [5, 5.41) is 0. The standard InChI is InChI=1S/C24H30FN3O3S/c1-19-10-11-20(18-23(19)32(30,31)28-12-6-2-3-7-13-28)24(29)27-16-14-26(15-17-27)22-9-5-4-8-21(22)25/h4-5,8-11,18H,2-3,6-7,12-17H2,1H3. The van der Waals surface area contributed by atoms with E-state index in [1.807, 2.05) is 4.90 Å². The van der Waals surface area contributed by atoms with Crippen molar-refractivity contribution in [2.45, 2.75) is 37.5 Å². The lowest BCUT2D eigenvalue weighted by Gasteiger charge is -2.36. The van der Waals surface area contributed by atoms with Gasteiger partial charge in [0.05, 0.1) is 10.6 Å². The summed E-state index contributed by atoms with van der Waals surface area (Å²) < 4.78 is 42.2. The van der Waals surface area contributed by atoms with Gasteiger partial charge in [0.15, 0.2) is 0 Å². The molecule has 0 saturated carbocycles. The molecule has 2 fully saturated rings. The van der Waals surface area contributed by atoms with Crippen LogP contribution >= 0.6 is 0 Å². The molecule has 6 nitrogen and oxygen atoms in total. The summed E-state index contributed by atoms with van der Waals surface area (Å²) >= 11 is 0. The Morgan fingerprint density at radius 2 is 1.53 bits per heavy atom. The van der Waals surface area contributed by atoms with Gasteiger partial charge in [0.1, 0.15) is 5.82 Å². The first kappa shape index (κ1) is 22.7. The van der Waals surface area contributed by atoms with Crippen LogP contribution in [0.1, 0.15) is 41.6 Å². The van der Waals surface area contributed by atoms with E-state index < -0.39 is 10.0 Å². The van der Waals surface area contributed by atoms with Crippen LogP contribution in [0, 0.1) is 12.7 Å². The third kappa shape index (κ3) is 4.66. The molecule has 2 aliphatic heterocycles. The van der Waals surface area contributed by atoms with E-state index in [0.29, 0.717) is 56.1 Å². The van der Waals surface area contributed by atoms with E-state index in [1.165, 1.54) is 12.1 Å². The summed E-state index contributed by atoms with van der Waals surface area (Å²) in [5.41, 5.74) is 1.57. The fourth-order valence-corrected chi connectivity index (χ4v) is 6.24. The average Bonchev–Trinajstić information content (AvgIpc) is 3.10. The Bertz CT molecular complexity index is 1070. The lowest BCUT2D eigenvalue weighted by Crippen LogP contribution is -2.49. The Kier molecular flexibility index (Phi) is 6.81. The van der Waals surface area contributed by atoms with Gasteiger partial charge in [0, 0.05) is 44.8 Å². The van der Waals surface area contributed by atoms with Gasteiger partial charge in [-0.3, -0.25) is 4.79 Å². The molecular formula is C24H30FN3O3S. The first-order chi connectivity index (χ1) is 15.4. The summed E-state index contributed by atoms with van der Waals surface area (Å²) in [7, 11) is -3.64. The molecule has 0 aromatic heterocycles. The highest BCUT2D eigenvalue weighted by Gasteiger charge is 2.29. The first-order valence-corrected chi connectivity index (χ1v) is 12.7. The number of amides is 1. The lowest BCUT2D eigenvalue weighted by atomic mass is 10.1. The van der Waals surface area contributed by atoms with Gasteiger partial charge in [0.25, 0.3) is 5.91 Å². The minimum absolute atomic E-state index is 0.189. The zero-order chi connectivity index (χ0) is 22.7. The third-order valence-electron chi connectivity index (χ3n) is 6.38. The van der Waals surface area contributed by atoms with E-state index in [1.54, 1.807) is 46.5 Å². The van der Waals surface area contributed by atoms with Gasteiger partial charge in [0.2, 0.25) is 10.0 Å². The molecule has 172 valence electrons. The van der Waals surface area contributed by atoms with E-state index in [9.17, 15) is 17.6 Å². The van der Waals surface area contributed by atoms with Gasteiger partial charge < -0.3 is 9.80 Å². The van der Waals surface area contributed by atoms with Crippen molar-refractivity contribution in [2.24, 2.45) is 0 Å². The molecule has 2 heterocycles. The van der Waals surface area contributed by atoms with Crippen molar-refractivity contribution >= 4 is 21.6 Å². The van der Waals surface area contributed by atoms with Crippen LogP contribution in [0.5, 0.6) is 0 Å². The zero-order valence-electron chi connectivity index (χ0n) is 18.5. The average molecular weight is 460 g/mol. The number of sulfonamides is 1. The Morgan fingerprint density at radius 3 is 2.19 bits per heavy atom. The van der Waals surface area contributed by atoms with Gasteiger partial charge in [-0.1, -0.05) is 31.0 Å². The lowest BCUT2D eigenvalue weighted by molar-refractivity contribution is 0.0746. The topological polar surface area (TPSA) is 60.9 Å². The molecule has 2 aromatic carbocycles. The minimum Gasteiger partial charge on any atom is -0.366 e. The summed E-state index contributed by atoms with van der Waals surface area (Å²) in [5.74, 6) is -0.459. The number of carbonyl (C=O) groups is 1. The van der Waals surface area contributed by atoms with Crippen molar-refractivity contribution in [1.29, 1.82) is 0 Å². The largest absolute Gasteiger partial charge is 0.366 e. The maximum absolute atomic E-state index is 14.1. The minimum atomic E-state index is -3.64. The molecule has 4 rings (SSSR count). The Hall–Kier alpha value is -2.45. The summed E-state index contributed by atoms with van der Waals surface area (Å²) in [4.78, 5) is 17.0. The van der Waals surface area contributed by atoms with E-state index in [0.717, 1.165) is 25.7 Å². The van der Waals surface area contributed by atoms with Gasteiger partial charge in [-0.05, 0) is 49.6 Å². The monoisotopic (exact) mass is 459 g/mol. The number of hydrogen-bond acceptors (Lipinski definition) is 4. The van der Waals surface area contributed by atoms with Crippen molar-refractivity contribution in [1.82, 2.24) is 9.21 Å². The van der Waals surface area contributed by atoms with Gasteiger partial charge >= 0.3 is 0 Å². The van der Waals surface area contributed by atoms with Crippen molar-refractivity contribution < 1.29 is 17.6 Å². The molecule has 0 atom stereocenters. The number of halogens is 1. The maximum atomic E-state index is 14.1. The van der Waals surface area contributed by atoms with Crippen molar-refractivity contribution in [3.8, 4) is 0 Å². The molecule has 0 aliphatic carbocycles. The molecule has 0 spiro atoms. The van der Waals surface area contributed by atoms with E-state index in [4.69, 9.17) is 0 Å². The first-order valence-electron chi connectivity index (χ1n) is 11.3. The number of benzene rings is 2. The van der Waals surface area contributed by atoms with Gasteiger partial charge in [-0.25, -0.2) is 12.8 Å². The third-order valence-corrected chi connectivity index (χ3v) is 8.42. The fraction of sp³-hybridized carbons (Fsp3) is 0.458. The highest BCUT2D eigenvalue weighted by molar-refractivity contribution is 7.89. The quantitative estimate of drug-likeness (QED) is 0.700. The van der Waals surface area contributed by atoms with Crippen LogP contribution in [0.25, 0.3) is 0 Å². The highest BCUT2D eigenvalue weighted by atomic mass is 32.2. The second kappa shape index (κ2) is 9.58. The number of para-hydroxylation sites is 1. The molecule has 1 amide bonds. The smallest absolute Gasteiger partial charge is 0.254 e. The highest BCUT2D eigenvalue weighted by Crippen LogP contribution is 2.25. The van der Waals surface area contributed by atoms with Crippen molar-refractivity contribution in [2.75, 3.05) is 44.2 Å². The molecule has 2 aromatic rings. The van der Waals surface area contributed by atoms with Gasteiger partial charge in [-0.15, -0.1) is 0 Å². The number of aryl methyl sites for hydroxylation is 1. The molecule has 0 unspecified atom stereocenters. The Labute approximate surface area is 189 Å². The van der Waals surface area contributed by atoms with Crippen LogP contribution in [0.4, 0.5) is 10.1 Å². The van der Waals surface area contributed by atoms with Crippen LogP contribution in [0.3, 0.4) is 0 Å². The predicted molar refractivity (Wildman–Crippen MR) is 123 cm³/mol. The fourth-order valence-electron chi connectivity index (χ4n) is 4.47. The molecular weight excluding hydrogens is 429 g/mol. The summed E-state index contributed by atoms with van der Waals surface area (Å²) in [6.07, 6.45) is 3.82. The van der Waals surface area contributed by atoms with E-state index >= 15 is 0 Å². The predicted octanol–water partition coefficient (Wildman–Crippen LogP) is 3.66.